The Hall–Kier alpha value is -0.280. The molecule has 0 aliphatic rings. The molecule has 15 heavy (non-hydrogen) atoms. The third kappa shape index (κ3) is 2.85. The molecule has 0 aliphatic carbocycles. The van der Waals surface area contributed by atoms with E-state index >= 15 is 0 Å². The Morgan fingerprint density at radius 2 is 1.53 bits per heavy atom. The van der Waals surface area contributed by atoms with E-state index in [1.165, 1.54) is 0 Å². The van der Waals surface area contributed by atoms with Gasteiger partial charge in [-0.05, 0) is 18.1 Å². The van der Waals surface area contributed by atoms with Gasteiger partial charge in [-0.25, -0.2) is 0 Å². The van der Waals surface area contributed by atoms with E-state index < -0.39 is 12.2 Å². The number of aliphatic hydroxyl groups excluding tert-OH is 2. The largest absolute Gasteiger partial charge is 0.390 e. The summed E-state index contributed by atoms with van der Waals surface area (Å²) >= 11 is 11.8. The molecule has 0 fully saturated rings. The second kappa shape index (κ2) is 5.17. The minimum absolute atomic E-state index is 0.0626. The predicted molar refractivity (Wildman–Crippen MR) is 62.3 cm³/mol. The number of aliphatic hydroxyl groups is 2. The summed E-state index contributed by atoms with van der Waals surface area (Å²) in [5.41, 5.74) is 0.391. The van der Waals surface area contributed by atoms with Crippen LogP contribution in [0.3, 0.4) is 0 Å². The fraction of sp³-hybridized carbons (Fsp3) is 0.455. The van der Waals surface area contributed by atoms with Gasteiger partial charge in [0.2, 0.25) is 0 Å². The van der Waals surface area contributed by atoms with Crippen molar-refractivity contribution in [1.82, 2.24) is 0 Å². The lowest BCUT2D eigenvalue weighted by Gasteiger charge is -2.22. The van der Waals surface area contributed by atoms with Gasteiger partial charge < -0.3 is 10.2 Å². The summed E-state index contributed by atoms with van der Waals surface area (Å²) in [5, 5.41) is 20.4. The van der Waals surface area contributed by atoms with Gasteiger partial charge in [-0.15, -0.1) is 0 Å². The number of rotatable bonds is 3. The molecule has 0 heterocycles. The molecule has 1 rings (SSSR count). The molecule has 0 aliphatic heterocycles. The standard InChI is InChI=1S/C11H14Cl2O2/c1-6(2)10(14)11(15)9-7(12)4-3-5-8(9)13/h3-6,10-11,14-15H,1-2H3/t10-,11-/m1/s1. The highest BCUT2D eigenvalue weighted by Gasteiger charge is 2.25. The molecule has 1 aromatic carbocycles. The SMILES string of the molecule is CC(C)[C@@H](O)[C@H](O)c1c(Cl)cccc1Cl. The maximum absolute atomic E-state index is 9.90. The quantitative estimate of drug-likeness (QED) is 0.864. The Balaban J connectivity index is 3.05. The molecule has 84 valence electrons. The minimum Gasteiger partial charge on any atom is -0.390 e. The third-order valence-electron chi connectivity index (χ3n) is 2.30. The van der Waals surface area contributed by atoms with Crippen molar-refractivity contribution in [2.24, 2.45) is 5.92 Å². The first kappa shape index (κ1) is 12.8. The van der Waals surface area contributed by atoms with E-state index in [4.69, 9.17) is 23.2 Å². The zero-order valence-corrected chi connectivity index (χ0v) is 10.1. The van der Waals surface area contributed by atoms with Gasteiger partial charge in [-0.2, -0.15) is 0 Å². The molecule has 0 aromatic heterocycles. The molecule has 0 bridgehead atoms. The first-order valence-electron chi connectivity index (χ1n) is 4.75. The summed E-state index contributed by atoms with van der Waals surface area (Å²) < 4.78 is 0. The molecule has 0 radical (unpaired) electrons. The van der Waals surface area contributed by atoms with Crippen LogP contribution in [0.1, 0.15) is 25.5 Å². The fourth-order valence-corrected chi connectivity index (χ4v) is 1.95. The Bertz CT molecular complexity index is 319. The molecule has 0 saturated carbocycles. The Morgan fingerprint density at radius 3 is 1.93 bits per heavy atom. The molecule has 0 amide bonds. The number of hydrogen-bond acceptors (Lipinski definition) is 2. The molecule has 2 N–H and O–H groups in total. The highest BCUT2D eigenvalue weighted by atomic mass is 35.5. The zero-order valence-electron chi connectivity index (χ0n) is 8.61. The molecule has 1 aromatic rings. The number of benzene rings is 1. The van der Waals surface area contributed by atoms with Crippen molar-refractivity contribution in [3.05, 3.63) is 33.8 Å². The second-order valence-electron chi connectivity index (χ2n) is 3.81. The highest BCUT2D eigenvalue weighted by Crippen LogP contribution is 2.33. The molecule has 0 spiro atoms. The van der Waals surface area contributed by atoms with Crippen LogP contribution in [0.5, 0.6) is 0 Å². The summed E-state index contributed by atoms with van der Waals surface area (Å²) in [7, 11) is 0. The van der Waals surface area contributed by atoms with E-state index in [0.29, 0.717) is 15.6 Å². The first-order chi connectivity index (χ1) is 6.95. The lowest BCUT2D eigenvalue weighted by Crippen LogP contribution is -2.24. The predicted octanol–water partition coefficient (Wildman–Crippen LogP) is 3.04. The fourth-order valence-electron chi connectivity index (χ4n) is 1.33. The minimum atomic E-state index is -1.05. The molecule has 0 unspecified atom stereocenters. The van der Waals surface area contributed by atoms with Crippen LogP contribution in [0.4, 0.5) is 0 Å². The van der Waals surface area contributed by atoms with Crippen LogP contribution in [0, 0.1) is 5.92 Å². The molecule has 0 saturated heterocycles. The van der Waals surface area contributed by atoms with E-state index in [0.717, 1.165) is 0 Å². The normalized spacial score (nSPS) is 15.4. The van der Waals surface area contributed by atoms with Gasteiger partial charge >= 0.3 is 0 Å². The van der Waals surface area contributed by atoms with Gasteiger partial charge in [0.05, 0.1) is 6.10 Å². The van der Waals surface area contributed by atoms with E-state index in [1.807, 2.05) is 13.8 Å². The lowest BCUT2D eigenvalue weighted by molar-refractivity contribution is -0.00928. The van der Waals surface area contributed by atoms with Crippen LogP contribution in [-0.4, -0.2) is 16.3 Å². The van der Waals surface area contributed by atoms with Crippen LogP contribution in [-0.2, 0) is 0 Å². The first-order valence-corrected chi connectivity index (χ1v) is 5.50. The molecular weight excluding hydrogens is 235 g/mol. The average molecular weight is 249 g/mol. The lowest BCUT2D eigenvalue weighted by atomic mass is 9.96. The smallest absolute Gasteiger partial charge is 0.108 e. The maximum Gasteiger partial charge on any atom is 0.108 e. The Morgan fingerprint density at radius 1 is 1.07 bits per heavy atom. The molecule has 4 heteroatoms. The second-order valence-corrected chi connectivity index (χ2v) is 4.63. The monoisotopic (exact) mass is 248 g/mol. The summed E-state index contributed by atoms with van der Waals surface area (Å²) in [6, 6.07) is 4.97. The van der Waals surface area contributed by atoms with Crippen molar-refractivity contribution in [2.45, 2.75) is 26.1 Å². The Kier molecular flexibility index (Phi) is 4.41. The zero-order chi connectivity index (χ0) is 11.6. The number of halogens is 2. The van der Waals surface area contributed by atoms with E-state index in [1.54, 1.807) is 18.2 Å². The third-order valence-corrected chi connectivity index (χ3v) is 2.96. The maximum atomic E-state index is 9.90. The molecule has 2 nitrogen and oxygen atoms in total. The van der Waals surface area contributed by atoms with E-state index in [-0.39, 0.29) is 5.92 Å². The van der Waals surface area contributed by atoms with Crippen molar-refractivity contribution in [2.75, 3.05) is 0 Å². The van der Waals surface area contributed by atoms with Crippen LogP contribution in [0.15, 0.2) is 18.2 Å². The average Bonchev–Trinajstić information content (AvgIpc) is 2.15. The molecule has 2 atom stereocenters. The van der Waals surface area contributed by atoms with Crippen LogP contribution in [0.25, 0.3) is 0 Å². The summed E-state index contributed by atoms with van der Waals surface area (Å²) in [5.74, 6) is -0.0626. The summed E-state index contributed by atoms with van der Waals surface area (Å²) in [4.78, 5) is 0. The van der Waals surface area contributed by atoms with Crippen molar-refractivity contribution in [3.8, 4) is 0 Å². The summed E-state index contributed by atoms with van der Waals surface area (Å²) in [6.45, 7) is 3.64. The van der Waals surface area contributed by atoms with Crippen molar-refractivity contribution >= 4 is 23.2 Å². The van der Waals surface area contributed by atoms with Crippen molar-refractivity contribution in [3.63, 3.8) is 0 Å². The number of hydrogen-bond donors (Lipinski definition) is 2. The summed E-state index contributed by atoms with van der Waals surface area (Å²) in [6.07, 6.45) is -1.92. The van der Waals surface area contributed by atoms with Crippen LogP contribution >= 0.6 is 23.2 Å². The Labute approximate surface area is 99.5 Å². The van der Waals surface area contributed by atoms with Gasteiger partial charge in [-0.3, -0.25) is 0 Å². The highest BCUT2D eigenvalue weighted by molar-refractivity contribution is 6.36. The van der Waals surface area contributed by atoms with Gasteiger partial charge in [0, 0.05) is 15.6 Å². The van der Waals surface area contributed by atoms with E-state index in [2.05, 4.69) is 0 Å². The molecular formula is C11H14Cl2O2. The van der Waals surface area contributed by atoms with Gasteiger partial charge in [-0.1, -0.05) is 43.1 Å². The van der Waals surface area contributed by atoms with Gasteiger partial charge in [0.1, 0.15) is 6.10 Å². The van der Waals surface area contributed by atoms with Crippen molar-refractivity contribution < 1.29 is 10.2 Å². The topological polar surface area (TPSA) is 40.5 Å². The van der Waals surface area contributed by atoms with Crippen LogP contribution in [0.2, 0.25) is 10.0 Å². The van der Waals surface area contributed by atoms with Crippen LogP contribution < -0.4 is 0 Å². The van der Waals surface area contributed by atoms with Crippen molar-refractivity contribution in [1.29, 1.82) is 0 Å². The van der Waals surface area contributed by atoms with E-state index in [9.17, 15) is 10.2 Å². The van der Waals surface area contributed by atoms with Gasteiger partial charge in [0.25, 0.3) is 0 Å². The van der Waals surface area contributed by atoms with Gasteiger partial charge in [0.15, 0.2) is 0 Å².